The third-order valence-corrected chi connectivity index (χ3v) is 3.05. The molecule has 1 aromatic carbocycles. The largest absolute Gasteiger partial charge is 0.487 e. The van der Waals surface area contributed by atoms with Gasteiger partial charge in [0, 0.05) is 30.2 Å². The van der Waals surface area contributed by atoms with Crippen molar-refractivity contribution >= 4 is 11.4 Å². The summed E-state index contributed by atoms with van der Waals surface area (Å²) in [5.41, 5.74) is 0.723. The molecule has 0 aliphatic carbocycles. The normalized spacial score (nSPS) is 11.9. The highest BCUT2D eigenvalue weighted by Crippen LogP contribution is 2.31. The van der Waals surface area contributed by atoms with Gasteiger partial charge in [0.05, 0.1) is 17.6 Å². The lowest BCUT2D eigenvalue weighted by molar-refractivity contribution is -0.385. The quantitative estimate of drug-likeness (QED) is 0.603. The van der Waals surface area contributed by atoms with Crippen LogP contribution in [0.3, 0.4) is 0 Å². The molecule has 0 bridgehead atoms. The van der Waals surface area contributed by atoms with Crippen molar-refractivity contribution in [3.05, 3.63) is 46.5 Å². The maximum absolute atomic E-state index is 11.0. The topological polar surface area (TPSA) is 93.1 Å². The Bertz CT molecular complexity index is 598. The van der Waals surface area contributed by atoms with E-state index in [0.717, 1.165) is 17.9 Å². The molecule has 1 atom stereocenters. The molecule has 2 rings (SSSR count). The number of ether oxygens (including phenoxy) is 1. The van der Waals surface area contributed by atoms with Crippen LogP contribution in [0.4, 0.5) is 11.4 Å². The van der Waals surface area contributed by atoms with Gasteiger partial charge in [-0.05, 0) is 19.4 Å². The van der Waals surface area contributed by atoms with Crippen LogP contribution in [-0.2, 0) is 0 Å². The lowest BCUT2D eigenvalue weighted by atomic mass is 10.2. The third kappa shape index (κ3) is 3.50. The number of rotatable bonds is 7. The van der Waals surface area contributed by atoms with Crippen molar-refractivity contribution in [2.24, 2.45) is 0 Å². The van der Waals surface area contributed by atoms with E-state index in [1.165, 1.54) is 6.07 Å². The Hall–Kier alpha value is -2.57. The fourth-order valence-corrected chi connectivity index (χ4v) is 2.06. The van der Waals surface area contributed by atoms with E-state index in [-0.39, 0.29) is 17.5 Å². The molecule has 7 heteroatoms. The number of nitrogens with one attached hydrogen (secondary N) is 2. The average Bonchev–Trinajstić information content (AvgIpc) is 2.99. The minimum Gasteiger partial charge on any atom is -0.487 e. The van der Waals surface area contributed by atoms with Gasteiger partial charge in [0.15, 0.2) is 5.75 Å². The lowest BCUT2D eigenvalue weighted by Crippen LogP contribution is -2.11. The summed E-state index contributed by atoms with van der Waals surface area (Å²) in [6.07, 6.45) is 4.29. The van der Waals surface area contributed by atoms with E-state index in [1.54, 1.807) is 31.5 Å². The smallest absolute Gasteiger partial charge is 0.311 e. The fourth-order valence-electron chi connectivity index (χ4n) is 2.06. The van der Waals surface area contributed by atoms with Gasteiger partial charge in [0.1, 0.15) is 5.82 Å². The Morgan fingerprint density at radius 3 is 2.86 bits per heavy atom. The number of imidazole rings is 1. The number of benzene rings is 1. The van der Waals surface area contributed by atoms with Crippen LogP contribution in [0.25, 0.3) is 0 Å². The molecule has 0 fully saturated rings. The number of hydrogen-bond acceptors (Lipinski definition) is 5. The fraction of sp³-hybridized carbons (Fsp3) is 0.357. The molecule has 0 aliphatic heterocycles. The number of H-pyrrole nitrogens is 1. The standard InChI is InChI=1S/C14H18N4O3/c1-3-11(14-15-7-8-16-14)17-10-5-6-12(18(19)20)13(9-10)21-4-2/h5-9,11,17H,3-4H2,1-2H3,(H,15,16). The summed E-state index contributed by atoms with van der Waals surface area (Å²) in [6.45, 7) is 4.20. The number of nitro benzene ring substituents is 1. The van der Waals surface area contributed by atoms with Crippen LogP contribution in [0.5, 0.6) is 5.75 Å². The van der Waals surface area contributed by atoms with E-state index in [0.29, 0.717) is 6.61 Å². The molecule has 0 spiro atoms. The van der Waals surface area contributed by atoms with Crippen molar-refractivity contribution in [1.29, 1.82) is 0 Å². The number of anilines is 1. The van der Waals surface area contributed by atoms with Crippen LogP contribution >= 0.6 is 0 Å². The second kappa shape index (κ2) is 6.74. The molecule has 0 saturated heterocycles. The molecule has 0 radical (unpaired) electrons. The SMILES string of the molecule is CCOc1cc(NC(CC)c2ncc[nH]2)ccc1[N+](=O)[O-]. The van der Waals surface area contributed by atoms with E-state index in [4.69, 9.17) is 4.74 Å². The summed E-state index contributed by atoms with van der Waals surface area (Å²) in [6, 6.07) is 4.78. The van der Waals surface area contributed by atoms with E-state index in [9.17, 15) is 10.1 Å². The van der Waals surface area contributed by atoms with Crippen LogP contribution in [-0.4, -0.2) is 21.5 Å². The zero-order valence-electron chi connectivity index (χ0n) is 12.0. The Labute approximate surface area is 122 Å². The molecule has 2 aromatic rings. The summed E-state index contributed by atoms with van der Waals surface area (Å²) >= 11 is 0. The van der Waals surface area contributed by atoms with E-state index in [2.05, 4.69) is 15.3 Å². The second-order valence-electron chi connectivity index (χ2n) is 4.45. The summed E-state index contributed by atoms with van der Waals surface area (Å²) < 4.78 is 5.34. The Kier molecular flexibility index (Phi) is 4.76. The van der Waals surface area contributed by atoms with Gasteiger partial charge in [-0.25, -0.2) is 4.98 Å². The Balaban J connectivity index is 2.23. The molecule has 1 unspecified atom stereocenters. The van der Waals surface area contributed by atoms with Gasteiger partial charge < -0.3 is 15.0 Å². The van der Waals surface area contributed by atoms with Gasteiger partial charge in [-0.3, -0.25) is 10.1 Å². The van der Waals surface area contributed by atoms with Crippen molar-refractivity contribution < 1.29 is 9.66 Å². The van der Waals surface area contributed by atoms with E-state index >= 15 is 0 Å². The second-order valence-corrected chi connectivity index (χ2v) is 4.45. The number of aromatic amines is 1. The van der Waals surface area contributed by atoms with Crippen LogP contribution in [0.1, 0.15) is 32.1 Å². The van der Waals surface area contributed by atoms with Crippen molar-refractivity contribution in [1.82, 2.24) is 9.97 Å². The van der Waals surface area contributed by atoms with Crippen molar-refractivity contribution in [2.45, 2.75) is 26.3 Å². The summed E-state index contributed by atoms with van der Waals surface area (Å²) in [5, 5.41) is 14.3. The van der Waals surface area contributed by atoms with Gasteiger partial charge in [-0.1, -0.05) is 6.92 Å². The molecule has 112 valence electrons. The maximum Gasteiger partial charge on any atom is 0.311 e. The van der Waals surface area contributed by atoms with Crippen LogP contribution < -0.4 is 10.1 Å². The molecule has 0 amide bonds. The third-order valence-electron chi connectivity index (χ3n) is 3.05. The molecule has 0 aliphatic rings. The number of nitrogens with zero attached hydrogens (tertiary/aromatic N) is 2. The van der Waals surface area contributed by atoms with Crippen molar-refractivity contribution in [2.75, 3.05) is 11.9 Å². The first-order chi connectivity index (χ1) is 10.2. The first-order valence-electron chi connectivity index (χ1n) is 6.82. The first-order valence-corrected chi connectivity index (χ1v) is 6.82. The highest BCUT2D eigenvalue weighted by atomic mass is 16.6. The Morgan fingerprint density at radius 1 is 1.48 bits per heavy atom. The molecule has 2 N–H and O–H groups in total. The number of hydrogen-bond donors (Lipinski definition) is 2. The molecule has 7 nitrogen and oxygen atoms in total. The van der Waals surface area contributed by atoms with Crippen LogP contribution in [0.15, 0.2) is 30.6 Å². The van der Waals surface area contributed by atoms with Gasteiger partial charge in [-0.15, -0.1) is 0 Å². The van der Waals surface area contributed by atoms with Crippen molar-refractivity contribution in [3.63, 3.8) is 0 Å². The van der Waals surface area contributed by atoms with Gasteiger partial charge >= 0.3 is 5.69 Å². The first kappa shape index (κ1) is 14.8. The summed E-state index contributed by atoms with van der Waals surface area (Å²) in [7, 11) is 0. The number of nitro groups is 1. The van der Waals surface area contributed by atoms with Crippen molar-refractivity contribution in [3.8, 4) is 5.75 Å². The zero-order valence-corrected chi connectivity index (χ0v) is 12.0. The average molecular weight is 290 g/mol. The molecule has 0 saturated carbocycles. The molecular formula is C14H18N4O3. The van der Waals surface area contributed by atoms with Gasteiger partial charge in [-0.2, -0.15) is 0 Å². The summed E-state index contributed by atoms with van der Waals surface area (Å²) in [4.78, 5) is 17.8. The van der Waals surface area contributed by atoms with Gasteiger partial charge in [0.25, 0.3) is 0 Å². The zero-order chi connectivity index (χ0) is 15.2. The van der Waals surface area contributed by atoms with Crippen LogP contribution in [0.2, 0.25) is 0 Å². The minimum absolute atomic E-state index is 0.0101. The molecule has 21 heavy (non-hydrogen) atoms. The molecular weight excluding hydrogens is 272 g/mol. The predicted octanol–water partition coefficient (Wildman–Crippen LogP) is 3.28. The lowest BCUT2D eigenvalue weighted by Gasteiger charge is -2.16. The van der Waals surface area contributed by atoms with E-state index in [1.807, 2.05) is 6.92 Å². The highest BCUT2D eigenvalue weighted by Gasteiger charge is 2.17. The highest BCUT2D eigenvalue weighted by molar-refractivity contribution is 5.58. The molecule has 1 heterocycles. The number of aromatic nitrogens is 2. The molecule has 1 aromatic heterocycles. The minimum atomic E-state index is -0.446. The van der Waals surface area contributed by atoms with E-state index < -0.39 is 4.92 Å². The van der Waals surface area contributed by atoms with Gasteiger partial charge in [0.2, 0.25) is 0 Å². The summed E-state index contributed by atoms with van der Waals surface area (Å²) in [5.74, 6) is 1.09. The predicted molar refractivity (Wildman–Crippen MR) is 79.5 cm³/mol. The monoisotopic (exact) mass is 290 g/mol. The Morgan fingerprint density at radius 2 is 2.29 bits per heavy atom. The van der Waals surface area contributed by atoms with Crippen LogP contribution in [0, 0.1) is 10.1 Å². The maximum atomic E-state index is 11.0.